The van der Waals surface area contributed by atoms with E-state index in [-0.39, 0.29) is 12.3 Å². The van der Waals surface area contributed by atoms with Crippen LogP contribution in [0.15, 0.2) is 36.5 Å². The maximum Gasteiger partial charge on any atom is 0.266 e. The molecule has 2 unspecified atom stereocenters. The fourth-order valence-electron chi connectivity index (χ4n) is 4.70. The third kappa shape index (κ3) is 28.1. The number of aliphatic hydroxyl groups is 1. The zero-order chi connectivity index (χ0) is 29.7. The van der Waals surface area contributed by atoms with Gasteiger partial charge in [-0.1, -0.05) is 134 Å². The molecular weight excluding hydrogens is 522 g/mol. The molecule has 0 rings (SSSR count). The third-order valence-corrected chi connectivity index (χ3v) is 7.89. The van der Waals surface area contributed by atoms with Crippen molar-refractivity contribution in [2.75, 3.05) is 5.75 Å². The topological polar surface area (TPSA) is 104 Å². The highest BCUT2D eigenvalue weighted by molar-refractivity contribution is 7.85. The number of amides is 1. The van der Waals surface area contributed by atoms with Crippen LogP contribution in [0.5, 0.6) is 0 Å². The molecule has 0 aliphatic rings. The normalized spacial score (nSPS) is 14.0. The summed E-state index contributed by atoms with van der Waals surface area (Å²) in [5, 5.41) is 13.2. The van der Waals surface area contributed by atoms with E-state index in [4.69, 9.17) is 0 Å². The Kier molecular flexibility index (Phi) is 26.7. The summed E-state index contributed by atoms with van der Waals surface area (Å²) in [6, 6.07) is -0.983. The van der Waals surface area contributed by atoms with E-state index in [1.54, 1.807) is 0 Å². The molecule has 1 amide bonds. The fourth-order valence-corrected chi connectivity index (χ4v) is 5.46. The van der Waals surface area contributed by atoms with Gasteiger partial charge in [-0.2, -0.15) is 8.42 Å². The summed E-state index contributed by atoms with van der Waals surface area (Å²) < 4.78 is 32.3. The summed E-state index contributed by atoms with van der Waals surface area (Å²) in [7, 11) is -4.31. The zero-order valence-corrected chi connectivity index (χ0v) is 26.5. The quantitative estimate of drug-likeness (QED) is 0.0486. The van der Waals surface area contributed by atoms with Crippen LogP contribution in [0.4, 0.5) is 0 Å². The van der Waals surface area contributed by atoms with Crippen molar-refractivity contribution < 1.29 is 22.9 Å². The Bertz CT molecular complexity index is 776. The Morgan fingerprint density at radius 1 is 0.700 bits per heavy atom. The molecule has 2 atom stereocenters. The second-order valence-electron chi connectivity index (χ2n) is 11.1. The van der Waals surface area contributed by atoms with E-state index in [1.165, 1.54) is 57.8 Å². The van der Waals surface area contributed by atoms with Crippen LogP contribution in [-0.2, 0) is 14.9 Å². The molecule has 0 fully saturated rings. The van der Waals surface area contributed by atoms with Gasteiger partial charge in [-0.15, -0.1) is 0 Å². The summed E-state index contributed by atoms with van der Waals surface area (Å²) in [6.07, 6.45) is 33.8. The lowest BCUT2D eigenvalue weighted by molar-refractivity contribution is -0.122. The van der Waals surface area contributed by atoms with Gasteiger partial charge in [0.25, 0.3) is 10.1 Å². The molecule has 6 nitrogen and oxygen atoms in total. The van der Waals surface area contributed by atoms with Crippen LogP contribution in [0.1, 0.15) is 149 Å². The maximum atomic E-state index is 12.4. The molecule has 0 aromatic heterocycles. The fraction of sp³-hybridized carbons (Fsp3) is 0.788. The van der Waals surface area contributed by atoms with Crippen LogP contribution in [-0.4, -0.2) is 41.9 Å². The van der Waals surface area contributed by atoms with Gasteiger partial charge in [-0.05, 0) is 44.9 Å². The van der Waals surface area contributed by atoms with Crippen LogP contribution >= 0.6 is 0 Å². The van der Waals surface area contributed by atoms with Gasteiger partial charge in [-0.3, -0.25) is 9.35 Å². The largest absolute Gasteiger partial charge is 0.391 e. The van der Waals surface area contributed by atoms with Crippen molar-refractivity contribution in [3.8, 4) is 0 Å². The molecule has 0 radical (unpaired) electrons. The van der Waals surface area contributed by atoms with E-state index in [2.05, 4.69) is 55.6 Å². The van der Waals surface area contributed by atoms with Crippen LogP contribution < -0.4 is 5.32 Å². The van der Waals surface area contributed by atoms with E-state index >= 15 is 0 Å². The van der Waals surface area contributed by atoms with Crippen molar-refractivity contribution in [3.63, 3.8) is 0 Å². The minimum Gasteiger partial charge on any atom is -0.391 e. The molecule has 234 valence electrons. The van der Waals surface area contributed by atoms with Gasteiger partial charge in [0.2, 0.25) is 5.91 Å². The predicted octanol–water partition coefficient (Wildman–Crippen LogP) is 8.62. The van der Waals surface area contributed by atoms with Gasteiger partial charge in [0, 0.05) is 6.42 Å². The molecule has 0 saturated carbocycles. The molecule has 0 bridgehead atoms. The number of carbonyl (C=O) groups is 1. The molecule has 0 saturated heterocycles. The van der Waals surface area contributed by atoms with Crippen molar-refractivity contribution in [1.82, 2.24) is 5.32 Å². The molecule has 0 spiro atoms. The Balaban J connectivity index is 4.06. The molecule has 0 aliphatic carbocycles. The lowest BCUT2D eigenvalue weighted by Crippen LogP contribution is -2.47. The summed E-state index contributed by atoms with van der Waals surface area (Å²) in [5.74, 6) is -0.938. The molecule has 0 aromatic rings. The number of hydrogen-bond acceptors (Lipinski definition) is 4. The lowest BCUT2D eigenvalue weighted by atomic mass is 10.0. The summed E-state index contributed by atoms with van der Waals surface area (Å²) in [4.78, 5) is 12.4. The second kappa shape index (κ2) is 27.7. The van der Waals surface area contributed by atoms with E-state index in [9.17, 15) is 22.9 Å². The summed E-state index contributed by atoms with van der Waals surface area (Å²) in [5.41, 5.74) is 0. The lowest BCUT2D eigenvalue weighted by Gasteiger charge is -2.23. The summed E-state index contributed by atoms with van der Waals surface area (Å²) in [6.45, 7) is 4.36. The van der Waals surface area contributed by atoms with Crippen LogP contribution in [0.2, 0.25) is 0 Å². The van der Waals surface area contributed by atoms with Gasteiger partial charge in [-0.25, -0.2) is 0 Å². The van der Waals surface area contributed by atoms with Gasteiger partial charge in [0.15, 0.2) is 0 Å². The molecule has 3 N–H and O–H groups in total. The first-order valence-corrected chi connectivity index (χ1v) is 17.8. The van der Waals surface area contributed by atoms with E-state index in [0.29, 0.717) is 12.8 Å². The van der Waals surface area contributed by atoms with Crippen molar-refractivity contribution >= 4 is 16.0 Å². The Morgan fingerprint density at radius 2 is 1.20 bits per heavy atom. The number of allylic oxidation sites excluding steroid dienone is 6. The van der Waals surface area contributed by atoms with E-state index in [0.717, 1.165) is 57.8 Å². The standard InChI is InChI=1S/C33H61NO5S/c1-3-5-7-9-11-13-15-17-19-21-23-25-27-29-33(36)34-31(30-40(37,38)39)32(35)28-26-24-22-20-18-16-14-12-10-8-6-4-2/h5,7,11,13,17,19,31-32,35H,3-4,6,8-10,12,14-16,18,20-30H2,1-2H3,(H,34,36)(H,37,38,39)/b7-5-,13-11-,19-17-. The second-order valence-corrected chi connectivity index (χ2v) is 12.6. The predicted molar refractivity (Wildman–Crippen MR) is 170 cm³/mol. The third-order valence-electron chi connectivity index (χ3n) is 7.11. The van der Waals surface area contributed by atoms with Gasteiger partial charge in [0.05, 0.1) is 17.9 Å². The first-order chi connectivity index (χ1) is 19.3. The number of nitrogens with one attached hydrogen (secondary N) is 1. The average Bonchev–Trinajstić information content (AvgIpc) is 2.90. The Morgan fingerprint density at radius 3 is 1.75 bits per heavy atom. The molecule has 7 heteroatoms. The SMILES string of the molecule is CC/C=C\C/C=C\C/C=C\CCCCCC(=O)NC(CS(=O)(=O)O)C(O)CCCCCCCCCCCCCC. The highest BCUT2D eigenvalue weighted by atomic mass is 32.2. The molecule has 0 heterocycles. The van der Waals surface area contributed by atoms with Crippen LogP contribution in [0.25, 0.3) is 0 Å². The number of carbonyl (C=O) groups excluding carboxylic acids is 1. The number of rotatable bonds is 28. The first-order valence-electron chi connectivity index (χ1n) is 16.2. The Hall–Kier alpha value is -1.44. The van der Waals surface area contributed by atoms with Gasteiger partial charge >= 0.3 is 0 Å². The highest BCUT2D eigenvalue weighted by Crippen LogP contribution is 2.14. The molecule has 40 heavy (non-hydrogen) atoms. The number of hydrogen-bond donors (Lipinski definition) is 3. The molecule has 0 aromatic carbocycles. The van der Waals surface area contributed by atoms with E-state index < -0.39 is 28.0 Å². The minimum atomic E-state index is -4.31. The number of unbranched alkanes of at least 4 members (excludes halogenated alkanes) is 14. The monoisotopic (exact) mass is 583 g/mol. The summed E-state index contributed by atoms with van der Waals surface area (Å²) >= 11 is 0. The zero-order valence-electron chi connectivity index (χ0n) is 25.7. The molecule has 0 aliphatic heterocycles. The van der Waals surface area contributed by atoms with Crippen molar-refractivity contribution in [2.24, 2.45) is 0 Å². The van der Waals surface area contributed by atoms with Gasteiger partial charge < -0.3 is 10.4 Å². The van der Waals surface area contributed by atoms with Crippen LogP contribution in [0.3, 0.4) is 0 Å². The van der Waals surface area contributed by atoms with Crippen molar-refractivity contribution in [2.45, 2.75) is 161 Å². The highest BCUT2D eigenvalue weighted by Gasteiger charge is 2.26. The van der Waals surface area contributed by atoms with E-state index in [1.807, 2.05) is 0 Å². The average molecular weight is 584 g/mol. The minimum absolute atomic E-state index is 0.278. The maximum absolute atomic E-state index is 12.4. The van der Waals surface area contributed by atoms with Crippen molar-refractivity contribution in [3.05, 3.63) is 36.5 Å². The van der Waals surface area contributed by atoms with Crippen molar-refractivity contribution in [1.29, 1.82) is 0 Å². The molecular formula is C33H61NO5S. The smallest absolute Gasteiger partial charge is 0.266 e. The van der Waals surface area contributed by atoms with Gasteiger partial charge in [0.1, 0.15) is 0 Å². The first kappa shape index (κ1) is 38.6. The van der Waals surface area contributed by atoms with Crippen LogP contribution in [0, 0.1) is 0 Å². The Labute approximate surface area is 246 Å². The number of aliphatic hydroxyl groups excluding tert-OH is 1.